The zero-order valence-electron chi connectivity index (χ0n) is 10.4. The monoisotopic (exact) mass is 250 g/mol. The van der Waals surface area contributed by atoms with Crippen molar-refractivity contribution in [3.8, 4) is 6.07 Å². The number of nitrogens with zero attached hydrogens (tertiary/aromatic N) is 2. The molecule has 4 nitrogen and oxygen atoms in total. The van der Waals surface area contributed by atoms with Crippen LogP contribution in [-0.4, -0.2) is 39.5 Å². The van der Waals surface area contributed by atoms with Crippen LogP contribution in [0.1, 0.15) is 5.56 Å². The molecule has 1 heterocycles. The Bertz CT molecular complexity index is 461. The second-order valence-corrected chi connectivity index (χ2v) is 4.26. The van der Waals surface area contributed by atoms with Gasteiger partial charge in [0.15, 0.2) is 0 Å². The third-order valence-corrected chi connectivity index (χ3v) is 3.20. The third kappa shape index (κ3) is 2.45. The van der Waals surface area contributed by atoms with Crippen LogP contribution < -0.4 is 4.90 Å². The summed E-state index contributed by atoms with van der Waals surface area (Å²) in [6.07, 6.45) is -0.0763. The topological polar surface area (TPSA) is 45.5 Å². The van der Waals surface area contributed by atoms with Crippen molar-refractivity contribution >= 4 is 5.69 Å². The number of halogens is 1. The Morgan fingerprint density at radius 1 is 1.22 bits per heavy atom. The second-order valence-electron chi connectivity index (χ2n) is 4.26. The Hall–Kier alpha value is -1.64. The van der Waals surface area contributed by atoms with Crippen LogP contribution in [0.25, 0.3) is 0 Å². The molecule has 0 radical (unpaired) electrons. The molecule has 0 saturated carbocycles. The molecular formula is C13H15FN2O2. The molecule has 5 heteroatoms. The van der Waals surface area contributed by atoms with E-state index in [0.717, 1.165) is 0 Å². The van der Waals surface area contributed by atoms with E-state index in [1.807, 2.05) is 11.0 Å². The maximum absolute atomic E-state index is 13.4. The number of anilines is 1. The van der Waals surface area contributed by atoms with Gasteiger partial charge in [-0.3, -0.25) is 0 Å². The Kier molecular flexibility index (Phi) is 3.80. The van der Waals surface area contributed by atoms with Gasteiger partial charge in [-0.15, -0.1) is 0 Å². The zero-order valence-corrected chi connectivity index (χ0v) is 10.4. The fraction of sp³-hybridized carbons (Fsp3) is 0.462. The molecule has 2 atom stereocenters. The van der Waals surface area contributed by atoms with Crippen LogP contribution >= 0.6 is 0 Å². The lowest BCUT2D eigenvalue weighted by molar-refractivity contribution is -0.00461. The molecule has 1 fully saturated rings. The Morgan fingerprint density at radius 3 is 2.33 bits per heavy atom. The van der Waals surface area contributed by atoms with Crippen LogP contribution in [0.4, 0.5) is 10.1 Å². The summed E-state index contributed by atoms with van der Waals surface area (Å²) in [6, 6.07) is 6.27. The van der Waals surface area contributed by atoms with Crippen molar-refractivity contribution in [2.24, 2.45) is 0 Å². The quantitative estimate of drug-likeness (QED) is 0.816. The van der Waals surface area contributed by atoms with E-state index in [0.29, 0.717) is 24.3 Å². The predicted octanol–water partition coefficient (Wildman–Crippen LogP) is 1.55. The predicted molar refractivity (Wildman–Crippen MR) is 64.9 cm³/mol. The Labute approximate surface area is 106 Å². The molecule has 0 aliphatic carbocycles. The van der Waals surface area contributed by atoms with E-state index in [1.165, 1.54) is 12.1 Å². The van der Waals surface area contributed by atoms with Crippen LogP contribution in [0.5, 0.6) is 0 Å². The molecule has 1 aromatic carbocycles. The lowest BCUT2D eigenvalue weighted by atomic mass is 10.2. The lowest BCUT2D eigenvalue weighted by Crippen LogP contribution is -2.27. The van der Waals surface area contributed by atoms with E-state index in [2.05, 4.69) is 0 Å². The van der Waals surface area contributed by atoms with E-state index in [4.69, 9.17) is 14.7 Å². The van der Waals surface area contributed by atoms with Gasteiger partial charge in [0.05, 0.1) is 11.6 Å². The van der Waals surface area contributed by atoms with Crippen LogP contribution in [-0.2, 0) is 9.47 Å². The van der Waals surface area contributed by atoms with E-state index in [1.54, 1.807) is 20.3 Å². The van der Waals surface area contributed by atoms with Crippen LogP contribution in [0.3, 0.4) is 0 Å². The number of ether oxygens (including phenoxy) is 2. The van der Waals surface area contributed by atoms with Crippen LogP contribution in [0, 0.1) is 17.1 Å². The fourth-order valence-electron chi connectivity index (χ4n) is 2.23. The first kappa shape index (κ1) is 12.8. The molecule has 1 aromatic rings. The molecule has 0 spiro atoms. The van der Waals surface area contributed by atoms with Gasteiger partial charge in [-0.1, -0.05) is 0 Å². The smallest absolute Gasteiger partial charge is 0.126 e. The van der Waals surface area contributed by atoms with Gasteiger partial charge in [-0.2, -0.15) is 5.26 Å². The van der Waals surface area contributed by atoms with Gasteiger partial charge in [0.25, 0.3) is 0 Å². The molecule has 0 amide bonds. The van der Waals surface area contributed by atoms with Crippen molar-refractivity contribution in [2.45, 2.75) is 12.2 Å². The van der Waals surface area contributed by atoms with Gasteiger partial charge in [0.2, 0.25) is 0 Å². The van der Waals surface area contributed by atoms with E-state index < -0.39 is 5.82 Å². The van der Waals surface area contributed by atoms with Crippen molar-refractivity contribution < 1.29 is 13.9 Å². The molecule has 2 unspecified atom stereocenters. The Balaban J connectivity index is 2.23. The van der Waals surface area contributed by atoms with Crippen molar-refractivity contribution in [3.63, 3.8) is 0 Å². The van der Waals surface area contributed by atoms with E-state index in [-0.39, 0.29) is 12.2 Å². The number of nitriles is 1. The van der Waals surface area contributed by atoms with Crippen LogP contribution in [0.15, 0.2) is 18.2 Å². The second kappa shape index (κ2) is 5.34. The number of methoxy groups -OCH3 is 2. The summed E-state index contributed by atoms with van der Waals surface area (Å²) in [5, 5.41) is 8.84. The van der Waals surface area contributed by atoms with Gasteiger partial charge in [-0.05, 0) is 18.2 Å². The first-order chi connectivity index (χ1) is 8.67. The van der Waals surface area contributed by atoms with Gasteiger partial charge in [-0.25, -0.2) is 4.39 Å². The first-order valence-corrected chi connectivity index (χ1v) is 5.69. The highest BCUT2D eigenvalue weighted by Crippen LogP contribution is 2.25. The average molecular weight is 250 g/mol. The van der Waals surface area contributed by atoms with Crippen LogP contribution in [0.2, 0.25) is 0 Å². The van der Waals surface area contributed by atoms with Crippen molar-refractivity contribution in [1.29, 1.82) is 5.26 Å². The minimum absolute atomic E-state index is 0.0381. The molecule has 1 aliphatic heterocycles. The fourth-order valence-corrected chi connectivity index (χ4v) is 2.23. The normalized spacial score (nSPS) is 23.1. The van der Waals surface area contributed by atoms with Gasteiger partial charge in [0.1, 0.15) is 18.0 Å². The zero-order chi connectivity index (χ0) is 13.1. The highest BCUT2D eigenvalue weighted by molar-refractivity contribution is 5.53. The summed E-state index contributed by atoms with van der Waals surface area (Å²) in [4.78, 5) is 1.96. The number of rotatable bonds is 3. The minimum atomic E-state index is -0.404. The highest BCUT2D eigenvalue weighted by atomic mass is 19.1. The first-order valence-electron chi connectivity index (χ1n) is 5.69. The number of benzene rings is 1. The lowest BCUT2D eigenvalue weighted by Gasteiger charge is -2.18. The van der Waals surface area contributed by atoms with E-state index >= 15 is 0 Å². The van der Waals surface area contributed by atoms with Gasteiger partial charge < -0.3 is 14.4 Å². The third-order valence-electron chi connectivity index (χ3n) is 3.20. The molecule has 0 N–H and O–H groups in total. The SMILES string of the molecule is COC1CN(c2cc(F)cc(C#N)c2)CC1OC. The maximum Gasteiger partial charge on any atom is 0.126 e. The molecule has 18 heavy (non-hydrogen) atoms. The summed E-state index contributed by atoms with van der Waals surface area (Å²) in [5.41, 5.74) is 1.01. The molecule has 0 bridgehead atoms. The molecule has 1 aliphatic rings. The standard InChI is InChI=1S/C13H15FN2O2/c1-17-12-7-16(8-13(12)18-2)11-4-9(6-15)3-10(14)5-11/h3-5,12-13H,7-8H2,1-2H3. The highest BCUT2D eigenvalue weighted by Gasteiger charge is 2.33. The van der Waals surface area contributed by atoms with Crippen molar-refractivity contribution in [2.75, 3.05) is 32.2 Å². The number of hydrogen-bond acceptors (Lipinski definition) is 4. The van der Waals surface area contributed by atoms with Gasteiger partial charge in [0, 0.05) is 33.0 Å². The largest absolute Gasteiger partial charge is 0.377 e. The van der Waals surface area contributed by atoms with E-state index in [9.17, 15) is 4.39 Å². The maximum atomic E-state index is 13.4. The molecule has 1 saturated heterocycles. The number of hydrogen-bond donors (Lipinski definition) is 0. The van der Waals surface area contributed by atoms with Crippen molar-refractivity contribution in [1.82, 2.24) is 0 Å². The minimum Gasteiger partial charge on any atom is -0.377 e. The molecular weight excluding hydrogens is 235 g/mol. The summed E-state index contributed by atoms with van der Waals surface area (Å²) >= 11 is 0. The summed E-state index contributed by atoms with van der Waals surface area (Å²) < 4.78 is 24.0. The average Bonchev–Trinajstić information content (AvgIpc) is 2.81. The molecule has 0 aromatic heterocycles. The molecule has 96 valence electrons. The van der Waals surface area contributed by atoms with Crippen molar-refractivity contribution in [3.05, 3.63) is 29.6 Å². The summed E-state index contributed by atoms with van der Waals surface area (Å²) in [7, 11) is 3.26. The van der Waals surface area contributed by atoms with Gasteiger partial charge >= 0.3 is 0 Å². The summed E-state index contributed by atoms with van der Waals surface area (Å²) in [5.74, 6) is -0.404. The molecule has 2 rings (SSSR count). The summed E-state index contributed by atoms with van der Waals surface area (Å²) in [6.45, 7) is 1.26. The Morgan fingerprint density at radius 2 is 1.83 bits per heavy atom.